The number of halogens is 2. The van der Waals surface area contributed by atoms with E-state index in [0.717, 1.165) is 26.2 Å². The van der Waals surface area contributed by atoms with Crippen molar-refractivity contribution in [2.24, 2.45) is 4.99 Å². The summed E-state index contributed by atoms with van der Waals surface area (Å²) < 4.78 is 28.8. The highest BCUT2D eigenvalue weighted by atomic mass is 19.3. The number of aliphatic hydroxyl groups is 1. The Kier molecular flexibility index (Phi) is 9.56. The topological polar surface area (TPSA) is 72.4 Å². The van der Waals surface area contributed by atoms with Crippen LogP contribution in [-0.2, 0) is 0 Å². The van der Waals surface area contributed by atoms with Crippen LogP contribution in [0.5, 0.6) is 5.75 Å². The Morgan fingerprint density at radius 2 is 1.83 bits per heavy atom. The number of hydrogen-bond acceptors (Lipinski definition) is 5. The van der Waals surface area contributed by atoms with Gasteiger partial charge in [-0.05, 0) is 38.6 Å². The van der Waals surface area contributed by atoms with E-state index in [0.29, 0.717) is 30.7 Å². The smallest absolute Gasteiger partial charge is 0.387 e. The molecule has 29 heavy (non-hydrogen) atoms. The molecule has 1 fully saturated rings. The Morgan fingerprint density at radius 3 is 2.41 bits per heavy atom. The van der Waals surface area contributed by atoms with Gasteiger partial charge in [0.05, 0.1) is 12.6 Å². The second-order valence-electron chi connectivity index (χ2n) is 7.25. The number of aliphatic hydroxyl groups excluding tert-OH is 1. The fourth-order valence-corrected chi connectivity index (χ4v) is 3.13. The molecule has 1 saturated heterocycles. The molecule has 9 heteroatoms. The molecule has 1 aromatic rings. The molecule has 2 atom stereocenters. The molecule has 1 aliphatic heterocycles. The number of aliphatic imine (C=N–C) groups is 1. The first-order chi connectivity index (χ1) is 13.9. The predicted octanol–water partition coefficient (Wildman–Crippen LogP) is 1.51. The van der Waals surface area contributed by atoms with Gasteiger partial charge in [0.15, 0.2) is 5.96 Å². The Morgan fingerprint density at radius 1 is 1.17 bits per heavy atom. The molecule has 0 amide bonds. The average Bonchev–Trinajstić information content (AvgIpc) is 2.70. The fourth-order valence-electron chi connectivity index (χ4n) is 3.13. The van der Waals surface area contributed by atoms with Gasteiger partial charge in [-0.3, -0.25) is 9.89 Å². The first-order valence-electron chi connectivity index (χ1n) is 10.1. The van der Waals surface area contributed by atoms with Crippen molar-refractivity contribution >= 4 is 5.96 Å². The van der Waals surface area contributed by atoms with E-state index in [9.17, 15) is 13.9 Å². The van der Waals surface area contributed by atoms with Crippen LogP contribution in [0.15, 0.2) is 29.3 Å². The van der Waals surface area contributed by atoms with Gasteiger partial charge in [-0.1, -0.05) is 12.1 Å². The van der Waals surface area contributed by atoms with Gasteiger partial charge in [0.25, 0.3) is 0 Å². The minimum Gasteiger partial charge on any atom is -0.435 e. The zero-order valence-corrected chi connectivity index (χ0v) is 17.4. The van der Waals surface area contributed by atoms with Gasteiger partial charge in [-0.15, -0.1) is 0 Å². The quantitative estimate of drug-likeness (QED) is 0.421. The third-order valence-corrected chi connectivity index (χ3v) is 4.97. The number of piperazine rings is 1. The van der Waals surface area contributed by atoms with Crippen molar-refractivity contribution in [3.8, 4) is 5.75 Å². The number of nitrogens with one attached hydrogen (secondary N) is 2. The lowest BCUT2D eigenvalue weighted by molar-refractivity contribution is -0.0498. The Labute approximate surface area is 171 Å². The molecule has 2 unspecified atom stereocenters. The van der Waals surface area contributed by atoms with Gasteiger partial charge in [-0.2, -0.15) is 8.78 Å². The number of likely N-dealkylation sites (N-methyl/N-ethyl adjacent to an activating group) is 1. The molecule has 0 aromatic heterocycles. The van der Waals surface area contributed by atoms with Crippen LogP contribution in [0.3, 0.4) is 0 Å². The standard InChI is InChI=1S/C20H33F2N5O2/c1-4-23-20(24-13-15(2)27-11-9-26(3)10-12-27)25-14-18(28)16-5-7-17(8-6-16)29-19(21)22/h5-8,15,18-19,28H,4,9-14H2,1-3H3,(H2,23,24,25). The first-order valence-corrected chi connectivity index (χ1v) is 10.1. The Bertz CT molecular complexity index is 622. The van der Waals surface area contributed by atoms with Crippen LogP contribution in [-0.4, -0.2) is 86.4 Å². The molecule has 0 radical (unpaired) electrons. The third kappa shape index (κ3) is 8.12. The summed E-state index contributed by atoms with van der Waals surface area (Å²) in [7, 11) is 2.14. The van der Waals surface area contributed by atoms with E-state index in [1.807, 2.05) is 6.92 Å². The second-order valence-corrected chi connectivity index (χ2v) is 7.25. The fraction of sp³-hybridized carbons (Fsp3) is 0.650. The van der Waals surface area contributed by atoms with Gasteiger partial charge < -0.3 is 25.4 Å². The zero-order valence-electron chi connectivity index (χ0n) is 17.4. The number of hydrogen-bond donors (Lipinski definition) is 3. The number of guanidine groups is 1. The molecule has 2 rings (SSSR count). The lowest BCUT2D eigenvalue weighted by Crippen LogP contribution is -2.49. The summed E-state index contributed by atoms with van der Waals surface area (Å²) in [6.45, 7) is 7.15. The highest BCUT2D eigenvalue weighted by Crippen LogP contribution is 2.19. The van der Waals surface area contributed by atoms with Gasteiger partial charge in [0, 0.05) is 45.3 Å². The number of ether oxygens (including phenoxy) is 1. The molecular formula is C20H33F2N5O2. The molecule has 0 saturated carbocycles. The van der Waals surface area contributed by atoms with Gasteiger partial charge in [-0.25, -0.2) is 0 Å². The van der Waals surface area contributed by atoms with Crippen LogP contribution in [0, 0.1) is 0 Å². The van der Waals surface area contributed by atoms with E-state index in [-0.39, 0.29) is 12.3 Å². The maximum absolute atomic E-state index is 12.2. The van der Waals surface area contributed by atoms with Crippen molar-refractivity contribution in [2.45, 2.75) is 32.6 Å². The number of rotatable bonds is 9. The summed E-state index contributed by atoms with van der Waals surface area (Å²) >= 11 is 0. The molecule has 3 N–H and O–H groups in total. The van der Waals surface area contributed by atoms with E-state index < -0.39 is 12.7 Å². The summed E-state index contributed by atoms with van der Waals surface area (Å²) in [5.74, 6) is 0.710. The summed E-state index contributed by atoms with van der Waals surface area (Å²) in [6, 6.07) is 6.32. The highest BCUT2D eigenvalue weighted by Gasteiger charge is 2.19. The highest BCUT2D eigenvalue weighted by molar-refractivity contribution is 5.79. The number of alkyl halides is 2. The molecule has 1 aromatic carbocycles. The van der Waals surface area contributed by atoms with Crippen molar-refractivity contribution in [1.29, 1.82) is 0 Å². The van der Waals surface area contributed by atoms with Crippen molar-refractivity contribution in [1.82, 2.24) is 20.4 Å². The zero-order chi connectivity index (χ0) is 21.2. The van der Waals surface area contributed by atoms with Crippen LogP contribution in [0.1, 0.15) is 25.5 Å². The van der Waals surface area contributed by atoms with Crippen LogP contribution in [0.4, 0.5) is 8.78 Å². The maximum Gasteiger partial charge on any atom is 0.387 e. The molecular weight excluding hydrogens is 380 g/mol. The summed E-state index contributed by atoms with van der Waals surface area (Å²) in [5, 5.41) is 16.7. The normalized spacial score (nSPS) is 18.5. The second kappa shape index (κ2) is 11.9. The average molecular weight is 414 g/mol. The van der Waals surface area contributed by atoms with Crippen LogP contribution in [0.2, 0.25) is 0 Å². The first kappa shape index (κ1) is 23.3. The minimum absolute atomic E-state index is 0.0664. The van der Waals surface area contributed by atoms with Crippen molar-refractivity contribution in [3.63, 3.8) is 0 Å². The predicted molar refractivity (Wildman–Crippen MR) is 111 cm³/mol. The van der Waals surface area contributed by atoms with Gasteiger partial charge in [0.1, 0.15) is 5.75 Å². The minimum atomic E-state index is -2.86. The van der Waals surface area contributed by atoms with Crippen LogP contribution < -0.4 is 15.4 Å². The van der Waals surface area contributed by atoms with Crippen molar-refractivity contribution in [2.75, 3.05) is 52.9 Å². The largest absolute Gasteiger partial charge is 0.435 e. The lowest BCUT2D eigenvalue weighted by Gasteiger charge is -2.35. The molecule has 0 bridgehead atoms. The lowest BCUT2D eigenvalue weighted by atomic mass is 10.1. The summed E-state index contributed by atoms with van der Waals surface area (Å²) in [5.41, 5.74) is 0.612. The van der Waals surface area contributed by atoms with Crippen LogP contribution >= 0.6 is 0 Å². The summed E-state index contributed by atoms with van der Waals surface area (Å²) in [4.78, 5) is 9.41. The molecule has 7 nitrogen and oxygen atoms in total. The summed E-state index contributed by atoms with van der Waals surface area (Å²) in [6.07, 6.45) is -0.797. The molecule has 0 spiro atoms. The van der Waals surface area contributed by atoms with E-state index in [1.165, 1.54) is 12.1 Å². The van der Waals surface area contributed by atoms with E-state index in [1.54, 1.807) is 12.1 Å². The van der Waals surface area contributed by atoms with Gasteiger partial charge in [0.2, 0.25) is 0 Å². The molecule has 164 valence electrons. The van der Waals surface area contributed by atoms with Crippen LogP contribution in [0.25, 0.3) is 0 Å². The van der Waals surface area contributed by atoms with E-state index in [4.69, 9.17) is 0 Å². The third-order valence-electron chi connectivity index (χ3n) is 4.97. The molecule has 1 aliphatic rings. The Balaban J connectivity index is 1.84. The molecule has 0 aliphatic carbocycles. The SMILES string of the molecule is CCNC(=NCC(C)N1CCN(C)CC1)NCC(O)c1ccc(OC(F)F)cc1. The number of nitrogens with zero attached hydrogens (tertiary/aromatic N) is 3. The maximum atomic E-state index is 12.2. The van der Waals surface area contributed by atoms with Crippen molar-refractivity contribution in [3.05, 3.63) is 29.8 Å². The van der Waals surface area contributed by atoms with E-state index in [2.05, 4.69) is 44.1 Å². The van der Waals surface area contributed by atoms with Crippen molar-refractivity contribution < 1.29 is 18.6 Å². The Hall–Kier alpha value is -1.97. The van der Waals surface area contributed by atoms with E-state index >= 15 is 0 Å². The number of benzene rings is 1. The molecule has 1 heterocycles. The monoisotopic (exact) mass is 413 g/mol. The van der Waals surface area contributed by atoms with Gasteiger partial charge >= 0.3 is 6.61 Å².